The van der Waals surface area contributed by atoms with Crippen molar-refractivity contribution in [1.29, 1.82) is 0 Å². The van der Waals surface area contributed by atoms with Gasteiger partial charge in [0.05, 0.1) is 13.7 Å². The zero-order valence-corrected chi connectivity index (χ0v) is 6.72. The van der Waals surface area contributed by atoms with Crippen molar-refractivity contribution in [2.24, 2.45) is 10.9 Å². The highest BCUT2D eigenvalue weighted by molar-refractivity contribution is 5.95. The first kappa shape index (κ1) is 7.32. The smallest absolute Gasteiger partial charge is 0.211 e. The Bertz CT molecular complexity index is 180. The van der Waals surface area contributed by atoms with Crippen LogP contribution in [-0.2, 0) is 4.74 Å². The number of ether oxygens (including phenoxy) is 1. The fourth-order valence-electron chi connectivity index (χ4n) is 1.07. The highest BCUT2D eigenvalue weighted by Crippen LogP contribution is 2.16. The quantitative estimate of drug-likeness (QED) is 0.541. The van der Waals surface area contributed by atoms with Crippen molar-refractivity contribution in [1.82, 2.24) is 0 Å². The molecule has 0 atom stereocenters. The zero-order chi connectivity index (χ0) is 7.56. The van der Waals surface area contributed by atoms with E-state index in [-0.39, 0.29) is 0 Å². The van der Waals surface area contributed by atoms with Crippen LogP contribution in [0.5, 0.6) is 0 Å². The summed E-state index contributed by atoms with van der Waals surface area (Å²) in [5.74, 6) is 1.34. The zero-order valence-electron chi connectivity index (χ0n) is 6.72. The van der Waals surface area contributed by atoms with E-state index in [1.54, 1.807) is 7.11 Å². The van der Waals surface area contributed by atoms with Crippen molar-refractivity contribution in [2.45, 2.75) is 13.8 Å². The molecule has 0 fully saturated rings. The van der Waals surface area contributed by atoms with Crippen LogP contribution in [0.25, 0.3) is 0 Å². The van der Waals surface area contributed by atoms with Gasteiger partial charge in [-0.25, -0.2) is 4.99 Å². The average molecular weight is 139 g/mol. The second-order valence-corrected chi connectivity index (χ2v) is 2.66. The van der Waals surface area contributed by atoms with E-state index in [4.69, 9.17) is 4.74 Å². The molecule has 0 aromatic carbocycles. The van der Waals surface area contributed by atoms with Crippen LogP contribution in [0.1, 0.15) is 13.8 Å². The molecule has 0 aromatic rings. The van der Waals surface area contributed by atoms with Gasteiger partial charge in [0.1, 0.15) is 0 Å². The van der Waals surface area contributed by atoms with Crippen molar-refractivity contribution in [3.63, 3.8) is 0 Å². The van der Waals surface area contributed by atoms with Crippen LogP contribution < -0.4 is 0 Å². The summed E-state index contributed by atoms with van der Waals surface area (Å²) in [7, 11) is 1.67. The SMILES string of the molecule is COC1=NCC=C1C(C)C. The summed E-state index contributed by atoms with van der Waals surface area (Å²) in [6.07, 6.45) is 2.11. The lowest BCUT2D eigenvalue weighted by atomic mass is 10.0. The average Bonchev–Trinajstić information content (AvgIpc) is 2.33. The molecule has 1 heterocycles. The lowest BCUT2D eigenvalue weighted by molar-refractivity contribution is 0.400. The molecular formula is C8H13NO. The van der Waals surface area contributed by atoms with Crippen molar-refractivity contribution >= 4 is 5.90 Å². The molecule has 0 bridgehead atoms. The third-order valence-corrected chi connectivity index (χ3v) is 1.61. The Balaban J connectivity index is 2.69. The molecule has 0 radical (unpaired) electrons. The Hall–Kier alpha value is -0.790. The molecule has 1 aliphatic heterocycles. The summed E-state index contributed by atoms with van der Waals surface area (Å²) in [5.41, 5.74) is 1.24. The van der Waals surface area contributed by atoms with Gasteiger partial charge in [0.2, 0.25) is 5.90 Å². The number of rotatable bonds is 1. The van der Waals surface area contributed by atoms with E-state index in [1.165, 1.54) is 5.57 Å². The van der Waals surface area contributed by atoms with E-state index in [0.29, 0.717) is 5.92 Å². The summed E-state index contributed by atoms with van der Waals surface area (Å²) in [6.45, 7) is 5.08. The number of hydrogen-bond donors (Lipinski definition) is 0. The van der Waals surface area contributed by atoms with Crippen LogP contribution in [0.3, 0.4) is 0 Å². The Labute approximate surface area is 61.6 Å². The van der Waals surface area contributed by atoms with Crippen LogP contribution in [-0.4, -0.2) is 19.6 Å². The Morgan fingerprint density at radius 3 is 2.70 bits per heavy atom. The minimum atomic E-state index is 0.529. The fraction of sp³-hybridized carbons (Fsp3) is 0.625. The van der Waals surface area contributed by atoms with Gasteiger partial charge in [0.25, 0.3) is 0 Å². The third kappa shape index (κ3) is 1.20. The maximum absolute atomic E-state index is 5.07. The number of nitrogens with zero attached hydrogens (tertiary/aromatic N) is 1. The second-order valence-electron chi connectivity index (χ2n) is 2.66. The fourth-order valence-corrected chi connectivity index (χ4v) is 1.07. The van der Waals surface area contributed by atoms with E-state index in [9.17, 15) is 0 Å². The molecule has 0 spiro atoms. The van der Waals surface area contributed by atoms with Crippen LogP contribution in [0, 0.1) is 5.92 Å². The summed E-state index contributed by atoms with van der Waals surface area (Å²) < 4.78 is 5.07. The normalized spacial score (nSPS) is 17.2. The molecule has 0 N–H and O–H groups in total. The van der Waals surface area contributed by atoms with E-state index in [1.807, 2.05) is 0 Å². The van der Waals surface area contributed by atoms with Crippen molar-refractivity contribution in [2.75, 3.05) is 13.7 Å². The van der Waals surface area contributed by atoms with E-state index < -0.39 is 0 Å². The van der Waals surface area contributed by atoms with Gasteiger partial charge in [-0.3, -0.25) is 0 Å². The van der Waals surface area contributed by atoms with Crippen LogP contribution in [0.15, 0.2) is 16.6 Å². The first-order chi connectivity index (χ1) is 4.75. The number of aliphatic imine (C=N–C) groups is 1. The molecule has 0 unspecified atom stereocenters. The van der Waals surface area contributed by atoms with Crippen LogP contribution in [0.2, 0.25) is 0 Å². The second kappa shape index (κ2) is 2.86. The first-order valence-corrected chi connectivity index (χ1v) is 3.54. The molecular weight excluding hydrogens is 126 g/mol. The molecule has 2 nitrogen and oxygen atoms in total. The summed E-state index contributed by atoms with van der Waals surface area (Å²) in [4.78, 5) is 4.16. The molecule has 10 heavy (non-hydrogen) atoms. The van der Waals surface area contributed by atoms with Gasteiger partial charge >= 0.3 is 0 Å². The summed E-state index contributed by atoms with van der Waals surface area (Å²) in [6, 6.07) is 0. The Morgan fingerprint density at radius 1 is 1.60 bits per heavy atom. The van der Waals surface area contributed by atoms with Crippen LogP contribution in [0.4, 0.5) is 0 Å². The molecule has 0 saturated heterocycles. The monoisotopic (exact) mass is 139 g/mol. The summed E-state index contributed by atoms with van der Waals surface area (Å²) in [5, 5.41) is 0. The van der Waals surface area contributed by atoms with Gasteiger partial charge < -0.3 is 4.74 Å². The van der Waals surface area contributed by atoms with Gasteiger partial charge in [-0.1, -0.05) is 19.9 Å². The predicted octanol–water partition coefficient (Wildman–Crippen LogP) is 1.63. The van der Waals surface area contributed by atoms with E-state index in [0.717, 1.165) is 12.4 Å². The lowest BCUT2D eigenvalue weighted by Crippen LogP contribution is -2.07. The largest absolute Gasteiger partial charge is 0.481 e. The molecule has 1 rings (SSSR count). The topological polar surface area (TPSA) is 21.6 Å². The molecule has 2 heteroatoms. The molecule has 56 valence electrons. The molecule has 0 amide bonds. The van der Waals surface area contributed by atoms with Gasteiger partial charge in [0.15, 0.2) is 0 Å². The summed E-state index contributed by atoms with van der Waals surface area (Å²) >= 11 is 0. The molecule has 0 aromatic heterocycles. The van der Waals surface area contributed by atoms with Gasteiger partial charge in [-0.15, -0.1) is 0 Å². The van der Waals surface area contributed by atoms with Crippen molar-refractivity contribution in [3.05, 3.63) is 11.6 Å². The standard InChI is InChI=1S/C8H13NO/c1-6(2)7-4-5-9-8(7)10-3/h4,6H,5H2,1-3H3. The minimum absolute atomic E-state index is 0.529. The van der Waals surface area contributed by atoms with Crippen molar-refractivity contribution < 1.29 is 4.74 Å². The maximum atomic E-state index is 5.07. The van der Waals surface area contributed by atoms with E-state index >= 15 is 0 Å². The number of methoxy groups -OCH3 is 1. The van der Waals surface area contributed by atoms with Gasteiger partial charge in [-0.05, 0) is 5.92 Å². The van der Waals surface area contributed by atoms with E-state index in [2.05, 4.69) is 24.9 Å². The number of hydrogen-bond acceptors (Lipinski definition) is 2. The third-order valence-electron chi connectivity index (χ3n) is 1.61. The van der Waals surface area contributed by atoms with Gasteiger partial charge in [0, 0.05) is 5.57 Å². The Morgan fingerprint density at radius 2 is 2.30 bits per heavy atom. The first-order valence-electron chi connectivity index (χ1n) is 3.54. The highest BCUT2D eigenvalue weighted by Gasteiger charge is 2.14. The highest BCUT2D eigenvalue weighted by atomic mass is 16.5. The molecule has 0 saturated carbocycles. The minimum Gasteiger partial charge on any atom is -0.481 e. The Kier molecular flexibility index (Phi) is 2.10. The molecule has 1 aliphatic rings. The molecule has 0 aliphatic carbocycles. The lowest BCUT2D eigenvalue weighted by Gasteiger charge is -2.07. The van der Waals surface area contributed by atoms with Gasteiger partial charge in [-0.2, -0.15) is 0 Å². The predicted molar refractivity (Wildman–Crippen MR) is 42.2 cm³/mol. The van der Waals surface area contributed by atoms with Crippen LogP contribution >= 0.6 is 0 Å². The maximum Gasteiger partial charge on any atom is 0.211 e. The van der Waals surface area contributed by atoms with Crippen molar-refractivity contribution in [3.8, 4) is 0 Å².